The van der Waals surface area contributed by atoms with Gasteiger partial charge in [0.05, 0.1) is 5.52 Å². The summed E-state index contributed by atoms with van der Waals surface area (Å²) in [7, 11) is 0. The first-order chi connectivity index (χ1) is 12.3. The normalized spacial score (nSPS) is 18.5. The van der Waals surface area contributed by atoms with Crippen molar-refractivity contribution >= 4 is 22.5 Å². The molecule has 0 spiro atoms. The second-order valence-electron chi connectivity index (χ2n) is 6.95. The molecule has 0 N–H and O–H groups in total. The number of hydrogen-bond donors (Lipinski definition) is 0. The largest absolute Gasteiger partial charge is 0.371 e. The number of nitrogens with zero attached hydrogens (tertiary/aromatic N) is 4. The van der Waals surface area contributed by atoms with E-state index in [-0.39, 0.29) is 5.92 Å². The van der Waals surface area contributed by atoms with Crippen LogP contribution in [0.1, 0.15) is 31.4 Å². The molecule has 2 saturated heterocycles. The van der Waals surface area contributed by atoms with Crippen molar-refractivity contribution in [2.45, 2.75) is 25.7 Å². The molecule has 2 aromatic rings. The topological polar surface area (TPSA) is 60.2 Å². The minimum atomic E-state index is 0.151. The Hall–Kier alpha value is -2.61. The standard InChI is InChI=1S/C20H22N4O/c21-14-16-13-19(17-5-1-2-6-18(17)22-16)23-11-7-15(8-12-23)20(25)24-9-3-4-10-24/h1-2,5-6,13,15H,3-4,7-12H2. The van der Waals surface area contributed by atoms with Gasteiger partial charge in [0.1, 0.15) is 11.8 Å². The summed E-state index contributed by atoms with van der Waals surface area (Å²) >= 11 is 0. The van der Waals surface area contributed by atoms with Crippen molar-refractivity contribution in [3.63, 3.8) is 0 Å². The fraction of sp³-hybridized carbons (Fsp3) is 0.450. The lowest BCUT2D eigenvalue weighted by atomic mass is 9.94. The molecule has 5 nitrogen and oxygen atoms in total. The summed E-state index contributed by atoms with van der Waals surface area (Å²) in [6.07, 6.45) is 4.05. The quantitative estimate of drug-likeness (QED) is 0.847. The van der Waals surface area contributed by atoms with Crippen molar-refractivity contribution in [2.24, 2.45) is 5.92 Å². The zero-order valence-electron chi connectivity index (χ0n) is 14.3. The number of likely N-dealkylation sites (tertiary alicyclic amines) is 1. The van der Waals surface area contributed by atoms with Crippen LogP contribution in [0.3, 0.4) is 0 Å². The predicted octanol–water partition coefficient (Wildman–Crippen LogP) is 2.95. The third-order valence-electron chi connectivity index (χ3n) is 5.41. The number of aromatic nitrogens is 1. The number of piperidine rings is 1. The van der Waals surface area contributed by atoms with Crippen molar-refractivity contribution in [1.29, 1.82) is 5.26 Å². The summed E-state index contributed by atoms with van der Waals surface area (Å²) in [6.45, 7) is 3.56. The van der Waals surface area contributed by atoms with Gasteiger partial charge in [-0.25, -0.2) is 4.98 Å². The second kappa shape index (κ2) is 6.72. The molecule has 0 aliphatic carbocycles. The number of carbonyl (C=O) groups is 1. The average molecular weight is 334 g/mol. The molecule has 0 unspecified atom stereocenters. The molecule has 5 heteroatoms. The lowest BCUT2D eigenvalue weighted by molar-refractivity contribution is -0.135. The van der Waals surface area contributed by atoms with Gasteiger partial charge in [0.25, 0.3) is 0 Å². The average Bonchev–Trinajstić information content (AvgIpc) is 3.21. The number of carbonyl (C=O) groups excluding carboxylic acids is 1. The van der Waals surface area contributed by atoms with E-state index in [1.165, 1.54) is 0 Å². The minimum Gasteiger partial charge on any atom is -0.371 e. The van der Waals surface area contributed by atoms with Crippen LogP contribution in [0.4, 0.5) is 5.69 Å². The molecule has 0 radical (unpaired) electrons. The Balaban J connectivity index is 1.54. The van der Waals surface area contributed by atoms with Gasteiger partial charge < -0.3 is 9.80 Å². The van der Waals surface area contributed by atoms with E-state index in [1.54, 1.807) is 0 Å². The van der Waals surface area contributed by atoms with Gasteiger partial charge in [0, 0.05) is 43.2 Å². The van der Waals surface area contributed by atoms with E-state index >= 15 is 0 Å². The van der Waals surface area contributed by atoms with Crippen LogP contribution >= 0.6 is 0 Å². The van der Waals surface area contributed by atoms with E-state index in [4.69, 9.17) is 0 Å². The van der Waals surface area contributed by atoms with Gasteiger partial charge in [-0.3, -0.25) is 4.79 Å². The van der Waals surface area contributed by atoms with Crippen LogP contribution in [-0.2, 0) is 4.79 Å². The Morgan fingerprint density at radius 2 is 1.84 bits per heavy atom. The number of pyridine rings is 1. The Kier molecular flexibility index (Phi) is 4.27. The molecule has 4 rings (SSSR count). The van der Waals surface area contributed by atoms with Crippen LogP contribution in [0.5, 0.6) is 0 Å². The molecule has 3 heterocycles. The smallest absolute Gasteiger partial charge is 0.225 e. The predicted molar refractivity (Wildman–Crippen MR) is 97.2 cm³/mol. The van der Waals surface area contributed by atoms with Crippen LogP contribution in [0.25, 0.3) is 10.9 Å². The van der Waals surface area contributed by atoms with E-state index in [0.29, 0.717) is 11.6 Å². The van der Waals surface area contributed by atoms with Crippen LogP contribution < -0.4 is 4.90 Å². The lowest BCUT2D eigenvalue weighted by Crippen LogP contribution is -2.41. The maximum Gasteiger partial charge on any atom is 0.225 e. The number of rotatable bonds is 2. The van der Waals surface area contributed by atoms with Gasteiger partial charge in [-0.05, 0) is 37.8 Å². The summed E-state index contributed by atoms with van der Waals surface area (Å²) in [5.74, 6) is 0.493. The van der Waals surface area contributed by atoms with E-state index in [0.717, 1.165) is 68.5 Å². The Morgan fingerprint density at radius 1 is 1.12 bits per heavy atom. The maximum atomic E-state index is 12.6. The molecule has 2 aliphatic rings. The highest BCUT2D eigenvalue weighted by Gasteiger charge is 2.30. The zero-order valence-corrected chi connectivity index (χ0v) is 14.3. The third-order valence-corrected chi connectivity index (χ3v) is 5.41. The number of hydrogen-bond acceptors (Lipinski definition) is 4. The van der Waals surface area contributed by atoms with E-state index in [2.05, 4.69) is 22.0 Å². The van der Waals surface area contributed by atoms with Gasteiger partial charge in [-0.2, -0.15) is 5.26 Å². The van der Waals surface area contributed by atoms with Crippen LogP contribution in [0.2, 0.25) is 0 Å². The van der Waals surface area contributed by atoms with Gasteiger partial charge in [-0.15, -0.1) is 0 Å². The Labute approximate surface area is 147 Å². The minimum absolute atomic E-state index is 0.151. The molecule has 2 fully saturated rings. The van der Waals surface area contributed by atoms with Crippen LogP contribution in [-0.4, -0.2) is 42.0 Å². The zero-order chi connectivity index (χ0) is 17.2. The van der Waals surface area contributed by atoms with Crippen molar-refractivity contribution < 1.29 is 4.79 Å². The highest BCUT2D eigenvalue weighted by Crippen LogP contribution is 2.31. The fourth-order valence-corrected chi connectivity index (χ4v) is 4.04. The molecule has 2 aliphatic heterocycles. The Bertz CT molecular complexity index is 827. The number of fused-ring (bicyclic) bond motifs is 1. The maximum absolute atomic E-state index is 12.6. The number of para-hydroxylation sites is 1. The molecular weight excluding hydrogens is 312 g/mol. The van der Waals surface area contributed by atoms with Gasteiger partial charge >= 0.3 is 0 Å². The Morgan fingerprint density at radius 3 is 2.56 bits per heavy atom. The monoisotopic (exact) mass is 334 g/mol. The lowest BCUT2D eigenvalue weighted by Gasteiger charge is -2.35. The second-order valence-corrected chi connectivity index (χ2v) is 6.95. The van der Waals surface area contributed by atoms with Gasteiger partial charge in [0.2, 0.25) is 5.91 Å². The SMILES string of the molecule is N#Cc1cc(N2CCC(C(=O)N3CCCC3)CC2)c2ccccc2n1. The van der Waals surface area contributed by atoms with Crippen molar-refractivity contribution in [3.05, 3.63) is 36.0 Å². The molecule has 128 valence electrons. The first-order valence-electron chi connectivity index (χ1n) is 9.10. The fourth-order valence-electron chi connectivity index (χ4n) is 4.04. The van der Waals surface area contributed by atoms with E-state index in [9.17, 15) is 10.1 Å². The number of nitriles is 1. The molecule has 0 bridgehead atoms. The molecule has 1 amide bonds. The van der Waals surface area contributed by atoms with Crippen molar-refractivity contribution in [2.75, 3.05) is 31.1 Å². The summed E-state index contributed by atoms with van der Waals surface area (Å²) in [4.78, 5) is 21.3. The van der Waals surface area contributed by atoms with Gasteiger partial charge in [0.15, 0.2) is 0 Å². The first-order valence-corrected chi connectivity index (χ1v) is 9.10. The molecule has 1 aromatic carbocycles. The van der Waals surface area contributed by atoms with E-state index in [1.807, 2.05) is 29.2 Å². The van der Waals surface area contributed by atoms with Crippen LogP contribution in [0.15, 0.2) is 30.3 Å². The molecule has 0 saturated carbocycles. The van der Waals surface area contributed by atoms with Crippen molar-refractivity contribution in [1.82, 2.24) is 9.88 Å². The highest BCUT2D eigenvalue weighted by atomic mass is 16.2. The molecular formula is C20H22N4O. The number of anilines is 1. The number of benzene rings is 1. The molecule has 1 aromatic heterocycles. The highest BCUT2D eigenvalue weighted by molar-refractivity contribution is 5.92. The summed E-state index contributed by atoms with van der Waals surface area (Å²) in [6, 6.07) is 12.0. The third kappa shape index (κ3) is 3.05. The van der Waals surface area contributed by atoms with Crippen LogP contribution in [0, 0.1) is 17.2 Å². The molecule has 25 heavy (non-hydrogen) atoms. The first kappa shape index (κ1) is 15.9. The van der Waals surface area contributed by atoms with Gasteiger partial charge in [-0.1, -0.05) is 18.2 Å². The van der Waals surface area contributed by atoms with E-state index < -0.39 is 0 Å². The summed E-state index contributed by atoms with van der Waals surface area (Å²) in [5, 5.41) is 10.3. The number of amides is 1. The summed E-state index contributed by atoms with van der Waals surface area (Å²) < 4.78 is 0. The summed E-state index contributed by atoms with van der Waals surface area (Å²) in [5.41, 5.74) is 2.37. The molecule has 0 atom stereocenters. The van der Waals surface area contributed by atoms with Crippen molar-refractivity contribution in [3.8, 4) is 6.07 Å².